The number of fused-ring (bicyclic) bond motifs is 1. The van der Waals surface area contributed by atoms with Crippen molar-refractivity contribution in [1.82, 2.24) is 9.55 Å². The van der Waals surface area contributed by atoms with E-state index in [0.29, 0.717) is 5.69 Å². The van der Waals surface area contributed by atoms with Crippen LogP contribution in [-0.2, 0) is 22.5 Å². The number of primary amides is 1. The number of rotatable bonds is 4. The lowest BCUT2D eigenvalue weighted by Gasteiger charge is -2.10. The second-order valence-electron chi connectivity index (χ2n) is 6.01. The van der Waals surface area contributed by atoms with Gasteiger partial charge in [-0.1, -0.05) is 36.8 Å². The molecular formula is C18H21N3O3. The van der Waals surface area contributed by atoms with E-state index in [-0.39, 0.29) is 0 Å². The van der Waals surface area contributed by atoms with Crippen molar-refractivity contribution < 1.29 is 14.3 Å². The smallest absolute Gasteiger partial charge is 0.359 e. The van der Waals surface area contributed by atoms with Gasteiger partial charge in [0.05, 0.1) is 5.69 Å². The number of carbonyl (C=O) groups is 2. The van der Waals surface area contributed by atoms with Gasteiger partial charge in [-0.3, -0.25) is 4.79 Å². The molecule has 1 amide bonds. The number of esters is 1. The van der Waals surface area contributed by atoms with E-state index in [2.05, 4.69) is 9.55 Å². The molecule has 1 atom stereocenters. The number of aromatic nitrogens is 2. The molecule has 1 aromatic heterocycles. The molecule has 6 heteroatoms. The summed E-state index contributed by atoms with van der Waals surface area (Å²) in [5, 5.41) is 0. The molecule has 0 unspecified atom stereocenters. The van der Waals surface area contributed by atoms with Crippen LogP contribution in [0.1, 0.15) is 42.4 Å². The highest BCUT2D eigenvalue weighted by atomic mass is 16.5. The third-order valence-corrected chi connectivity index (χ3v) is 4.28. The number of hydrogen-bond acceptors (Lipinski definition) is 4. The molecule has 6 nitrogen and oxygen atoms in total. The molecule has 0 saturated carbocycles. The molecule has 0 fully saturated rings. The van der Waals surface area contributed by atoms with Crippen LogP contribution in [0.5, 0.6) is 0 Å². The number of nitrogens with two attached hydrogens (primary N) is 1. The predicted molar refractivity (Wildman–Crippen MR) is 89.3 cm³/mol. The molecule has 0 radical (unpaired) electrons. The summed E-state index contributed by atoms with van der Waals surface area (Å²) in [6.45, 7) is 2.29. The van der Waals surface area contributed by atoms with Gasteiger partial charge in [0, 0.05) is 12.1 Å². The van der Waals surface area contributed by atoms with Crippen molar-refractivity contribution in [3.63, 3.8) is 0 Å². The molecular weight excluding hydrogens is 306 g/mol. The standard InChI is InChI=1S/C18H21N3O3/c1-12(16(19)22)24-18(23)15-14-10-6-3-7-11-21(14)17(20-15)13-8-4-2-5-9-13/h2,4-5,8-9,12H,3,6-7,10-11H2,1H3,(H2,19,22)/t12-/m0/s1. The lowest BCUT2D eigenvalue weighted by atomic mass is 10.1. The van der Waals surface area contributed by atoms with Gasteiger partial charge in [-0.2, -0.15) is 0 Å². The van der Waals surface area contributed by atoms with Crippen LogP contribution >= 0.6 is 0 Å². The number of benzene rings is 1. The number of imidazole rings is 1. The molecule has 0 aliphatic carbocycles. The minimum absolute atomic E-state index is 0.295. The average Bonchev–Trinajstić information content (AvgIpc) is 2.77. The Morgan fingerprint density at radius 1 is 1.21 bits per heavy atom. The maximum atomic E-state index is 12.5. The van der Waals surface area contributed by atoms with Gasteiger partial charge in [0.15, 0.2) is 11.8 Å². The van der Waals surface area contributed by atoms with Crippen LogP contribution in [-0.4, -0.2) is 27.5 Å². The summed E-state index contributed by atoms with van der Waals surface area (Å²) < 4.78 is 7.27. The first-order valence-corrected chi connectivity index (χ1v) is 8.23. The number of ether oxygens (including phenoxy) is 1. The van der Waals surface area contributed by atoms with E-state index in [0.717, 1.165) is 49.3 Å². The van der Waals surface area contributed by atoms with E-state index in [1.165, 1.54) is 6.92 Å². The Morgan fingerprint density at radius 2 is 1.96 bits per heavy atom. The second-order valence-corrected chi connectivity index (χ2v) is 6.01. The van der Waals surface area contributed by atoms with Crippen LogP contribution in [0, 0.1) is 0 Å². The molecule has 0 bridgehead atoms. The predicted octanol–water partition coefficient (Wildman–Crippen LogP) is 2.31. The summed E-state index contributed by atoms with van der Waals surface area (Å²) in [7, 11) is 0. The first-order chi connectivity index (χ1) is 11.6. The SMILES string of the molecule is C[C@H](OC(=O)c1nc(-c2ccccc2)n2c1CCCCC2)C(N)=O. The summed E-state index contributed by atoms with van der Waals surface area (Å²) in [5.74, 6) is -0.489. The zero-order valence-corrected chi connectivity index (χ0v) is 13.7. The lowest BCUT2D eigenvalue weighted by molar-refractivity contribution is -0.125. The van der Waals surface area contributed by atoms with E-state index < -0.39 is 18.0 Å². The molecule has 0 spiro atoms. The van der Waals surface area contributed by atoms with Crippen LogP contribution in [0.3, 0.4) is 0 Å². The molecule has 24 heavy (non-hydrogen) atoms. The lowest BCUT2D eigenvalue weighted by Crippen LogP contribution is -2.30. The van der Waals surface area contributed by atoms with Crippen LogP contribution in [0.2, 0.25) is 0 Å². The fourth-order valence-electron chi connectivity index (χ4n) is 2.97. The van der Waals surface area contributed by atoms with E-state index in [4.69, 9.17) is 10.5 Å². The molecule has 3 rings (SSSR count). The number of amides is 1. The maximum absolute atomic E-state index is 12.5. The molecule has 1 aliphatic rings. The Kier molecular flexibility index (Phi) is 4.64. The fraction of sp³-hybridized carbons (Fsp3) is 0.389. The summed E-state index contributed by atoms with van der Waals surface area (Å²) in [4.78, 5) is 28.2. The van der Waals surface area contributed by atoms with Gasteiger partial charge >= 0.3 is 5.97 Å². The average molecular weight is 327 g/mol. The molecule has 1 aliphatic heterocycles. The van der Waals surface area contributed by atoms with Gasteiger partial charge in [-0.15, -0.1) is 0 Å². The Morgan fingerprint density at radius 3 is 2.67 bits per heavy atom. The monoisotopic (exact) mass is 327 g/mol. The Hall–Kier alpha value is -2.63. The van der Waals surface area contributed by atoms with E-state index in [1.54, 1.807) is 0 Å². The first-order valence-electron chi connectivity index (χ1n) is 8.23. The van der Waals surface area contributed by atoms with Gasteiger partial charge in [0.1, 0.15) is 5.82 Å². The third kappa shape index (κ3) is 3.18. The second kappa shape index (κ2) is 6.86. The van der Waals surface area contributed by atoms with Crippen molar-refractivity contribution in [1.29, 1.82) is 0 Å². The molecule has 0 saturated heterocycles. The van der Waals surface area contributed by atoms with Crippen molar-refractivity contribution in [3.8, 4) is 11.4 Å². The normalized spacial score (nSPS) is 15.2. The largest absolute Gasteiger partial charge is 0.448 e. The number of nitrogens with zero attached hydrogens (tertiary/aromatic N) is 2. The molecule has 1 aromatic carbocycles. The van der Waals surface area contributed by atoms with Crippen LogP contribution < -0.4 is 5.73 Å². The summed E-state index contributed by atoms with van der Waals surface area (Å²) in [6, 6.07) is 9.78. The third-order valence-electron chi connectivity index (χ3n) is 4.28. The van der Waals surface area contributed by atoms with E-state index in [9.17, 15) is 9.59 Å². The van der Waals surface area contributed by atoms with Crippen molar-refractivity contribution in [2.24, 2.45) is 5.73 Å². The topological polar surface area (TPSA) is 87.2 Å². The van der Waals surface area contributed by atoms with Crippen LogP contribution in [0.15, 0.2) is 30.3 Å². The number of carbonyl (C=O) groups excluding carboxylic acids is 2. The van der Waals surface area contributed by atoms with Crippen molar-refractivity contribution in [2.45, 2.75) is 45.3 Å². The summed E-state index contributed by atoms with van der Waals surface area (Å²) >= 11 is 0. The highest BCUT2D eigenvalue weighted by Crippen LogP contribution is 2.27. The molecule has 2 N–H and O–H groups in total. The van der Waals surface area contributed by atoms with Crippen molar-refractivity contribution in [3.05, 3.63) is 41.7 Å². The van der Waals surface area contributed by atoms with E-state index in [1.807, 2.05) is 30.3 Å². The van der Waals surface area contributed by atoms with Crippen LogP contribution in [0.25, 0.3) is 11.4 Å². The van der Waals surface area contributed by atoms with Crippen LogP contribution in [0.4, 0.5) is 0 Å². The quantitative estimate of drug-likeness (QED) is 0.873. The molecule has 2 heterocycles. The van der Waals surface area contributed by atoms with Gasteiger partial charge in [0.25, 0.3) is 5.91 Å². The van der Waals surface area contributed by atoms with E-state index >= 15 is 0 Å². The van der Waals surface area contributed by atoms with Gasteiger partial charge in [-0.05, 0) is 26.2 Å². The first kappa shape index (κ1) is 16.2. The summed E-state index contributed by atoms with van der Waals surface area (Å²) in [6.07, 6.45) is 2.97. The highest BCUT2D eigenvalue weighted by molar-refractivity contribution is 5.92. The Labute approximate surface area is 140 Å². The zero-order chi connectivity index (χ0) is 17.1. The fourth-order valence-corrected chi connectivity index (χ4v) is 2.97. The van der Waals surface area contributed by atoms with Gasteiger partial charge in [-0.25, -0.2) is 9.78 Å². The van der Waals surface area contributed by atoms with Crippen molar-refractivity contribution >= 4 is 11.9 Å². The van der Waals surface area contributed by atoms with Crippen molar-refractivity contribution in [2.75, 3.05) is 0 Å². The molecule has 126 valence electrons. The minimum Gasteiger partial charge on any atom is -0.448 e. The number of hydrogen-bond donors (Lipinski definition) is 1. The zero-order valence-electron chi connectivity index (χ0n) is 13.7. The summed E-state index contributed by atoms with van der Waals surface area (Å²) in [5.41, 5.74) is 7.32. The van der Waals surface area contributed by atoms with Gasteiger partial charge < -0.3 is 15.0 Å². The Bertz CT molecular complexity index is 752. The maximum Gasteiger partial charge on any atom is 0.359 e. The van der Waals surface area contributed by atoms with Gasteiger partial charge in [0.2, 0.25) is 0 Å². The highest BCUT2D eigenvalue weighted by Gasteiger charge is 2.27. The Balaban J connectivity index is 2.02. The molecule has 2 aromatic rings. The minimum atomic E-state index is -0.971.